The van der Waals surface area contributed by atoms with Gasteiger partial charge in [-0.2, -0.15) is 0 Å². The SMILES string of the molecule is CC(Sc1nncn1C)c1cccc(N2Cc3c(ccnc3Cl)C2=O)c1. The average Bonchev–Trinajstić information content (AvgIpc) is 3.20. The number of halogens is 1. The number of hydrogen-bond acceptors (Lipinski definition) is 5. The van der Waals surface area contributed by atoms with E-state index in [4.69, 9.17) is 11.6 Å². The molecule has 8 heteroatoms. The molecule has 0 bridgehead atoms. The smallest absolute Gasteiger partial charge is 0.259 e. The van der Waals surface area contributed by atoms with Crippen molar-refractivity contribution in [2.75, 3.05) is 4.90 Å². The molecule has 4 rings (SSSR count). The number of hydrogen-bond donors (Lipinski definition) is 0. The number of aromatic nitrogens is 4. The van der Waals surface area contributed by atoms with Crippen molar-refractivity contribution in [1.82, 2.24) is 19.7 Å². The minimum absolute atomic E-state index is 0.0462. The quantitative estimate of drug-likeness (QED) is 0.503. The summed E-state index contributed by atoms with van der Waals surface area (Å²) in [7, 11) is 1.92. The van der Waals surface area contributed by atoms with E-state index in [0.29, 0.717) is 17.3 Å². The van der Waals surface area contributed by atoms with E-state index >= 15 is 0 Å². The maximum atomic E-state index is 12.7. The molecule has 3 heterocycles. The van der Waals surface area contributed by atoms with E-state index in [1.54, 1.807) is 35.3 Å². The summed E-state index contributed by atoms with van der Waals surface area (Å²) in [5, 5.41) is 9.44. The van der Waals surface area contributed by atoms with Crippen LogP contribution in [0.3, 0.4) is 0 Å². The lowest BCUT2D eigenvalue weighted by molar-refractivity contribution is 0.0996. The third kappa shape index (κ3) is 2.97. The van der Waals surface area contributed by atoms with Crippen molar-refractivity contribution in [1.29, 1.82) is 0 Å². The first-order valence-corrected chi connectivity index (χ1v) is 9.36. The van der Waals surface area contributed by atoms with Crippen molar-refractivity contribution in [3.8, 4) is 0 Å². The Hall–Kier alpha value is -2.38. The zero-order valence-electron chi connectivity index (χ0n) is 14.3. The molecular formula is C18H16ClN5OS. The molecule has 26 heavy (non-hydrogen) atoms. The number of thioether (sulfide) groups is 1. The molecule has 1 unspecified atom stereocenters. The number of rotatable bonds is 4. The van der Waals surface area contributed by atoms with Crippen LogP contribution < -0.4 is 4.90 Å². The van der Waals surface area contributed by atoms with E-state index in [-0.39, 0.29) is 11.2 Å². The molecule has 0 aliphatic carbocycles. The lowest BCUT2D eigenvalue weighted by Gasteiger charge is -2.18. The zero-order valence-corrected chi connectivity index (χ0v) is 15.8. The molecule has 0 N–H and O–H groups in total. The lowest BCUT2D eigenvalue weighted by Crippen LogP contribution is -2.23. The van der Waals surface area contributed by atoms with E-state index in [1.807, 2.05) is 29.8 Å². The number of anilines is 1. The second kappa shape index (κ2) is 6.74. The highest BCUT2D eigenvalue weighted by molar-refractivity contribution is 7.99. The summed E-state index contributed by atoms with van der Waals surface area (Å²) in [6, 6.07) is 9.72. The van der Waals surface area contributed by atoms with E-state index in [0.717, 1.165) is 22.0 Å². The molecule has 6 nitrogen and oxygen atoms in total. The van der Waals surface area contributed by atoms with Crippen molar-refractivity contribution in [3.05, 3.63) is 64.7 Å². The third-order valence-corrected chi connectivity index (χ3v) is 5.93. The predicted octanol–water partition coefficient (Wildman–Crippen LogP) is 3.88. The Morgan fingerprint density at radius 3 is 2.88 bits per heavy atom. The van der Waals surface area contributed by atoms with Gasteiger partial charge in [-0.15, -0.1) is 10.2 Å². The topological polar surface area (TPSA) is 63.9 Å². The number of carbonyl (C=O) groups is 1. The maximum absolute atomic E-state index is 12.7. The first kappa shape index (κ1) is 17.1. The lowest BCUT2D eigenvalue weighted by atomic mass is 10.1. The summed E-state index contributed by atoms with van der Waals surface area (Å²) in [6.07, 6.45) is 3.25. The van der Waals surface area contributed by atoms with Gasteiger partial charge in [0.15, 0.2) is 5.16 Å². The molecule has 1 aromatic carbocycles. The number of benzene rings is 1. The molecule has 1 aliphatic rings. The van der Waals surface area contributed by atoms with Crippen LogP contribution in [0.15, 0.2) is 48.0 Å². The Kier molecular flexibility index (Phi) is 4.42. The van der Waals surface area contributed by atoms with E-state index in [9.17, 15) is 4.79 Å². The van der Waals surface area contributed by atoms with E-state index in [1.165, 1.54) is 0 Å². The van der Waals surface area contributed by atoms with Crippen molar-refractivity contribution in [3.63, 3.8) is 0 Å². The van der Waals surface area contributed by atoms with Gasteiger partial charge >= 0.3 is 0 Å². The second-order valence-electron chi connectivity index (χ2n) is 6.10. The average molecular weight is 386 g/mol. The number of carbonyl (C=O) groups excluding carboxylic acids is 1. The van der Waals surface area contributed by atoms with Crippen LogP contribution in [-0.2, 0) is 13.6 Å². The Morgan fingerprint density at radius 1 is 1.31 bits per heavy atom. The molecule has 2 aromatic heterocycles. The number of aryl methyl sites for hydroxylation is 1. The third-order valence-electron chi connectivity index (χ3n) is 4.40. The molecule has 1 atom stereocenters. The summed E-state index contributed by atoms with van der Waals surface area (Å²) < 4.78 is 1.89. The zero-order chi connectivity index (χ0) is 18.3. The summed E-state index contributed by atoms with van der Waals surface area (Å²) >= 11 is 7.78. The van der Waals surface area contributed by atoms with Gasteiger partial charge in [0.1, 0.15) is 11.5 Å². The Bertz CT molecular complexity index is 989. The standard InChI is InChI=1S/C18H16ClN5OS/c1-11(26-18-22-21-10-23(18)2)12-4-3-5-13(8-12)24-9-15-14(17(24)25)6-7-20-16(15)19/h3-8,10-11H,9H2,1-2H3. The van der Waals surface area contributed by atoms with Gasteiger partial charge in [-0.1, -0.05) is 35.5 Å². The van der Waals surface area contributed by atoms with Crippen molar-refractivity contribution in [2.24, 2.45) is 7.05 Å². The highest BCUT2D eigenvalue weighted by Crippen LogP contribution is 2.36. The van der Waals surface area contributed by atoms with Gasteiger partial charge in [0.05, 0.1) is 6.54 Å². The van der Waals surface area contributed by atoms with Crippen molar-refractivity contribution >= 4 is 35.0 Å². The van der Waals surface area contributed by atoms with Gasteiger partial charge in [-0.05, 0) is 30.7 Å². The fourth-order valence-corrected chi connectivity index (χ4v) is 4.08. The number of fused-ring (bicyclic) bond motifs is 1. The normalized spacial score (nSPS) is 14.6. The highest BCUT2D eigenvalue weighted by atomic mass is 35.5. The monoisotopic (exact) mass is 385 g/mol. The predicted molar refractivity (Wildman–Crippen MR) is 101 cm³/mol. The second-order valence-corrected chi connectivity index (χ2v) is 7.76. The summed E-state index contributed by atoms with van der Waals surface area (Å²) in [6.45, 7) is 2.55. The summed E-state index contributed by atoms with van der Waals surface area (Å²) in [5.74, 6) is -0.0462. The number of nitrogens with zero attached hydrogens (tertiary/aromatic N) is 5. The Morgan fingerprint density at radius 2 is 2.15 bits per heavy atom. The van der Waals surface area contributed by atoms with Crippen LogP contribution in [0.1, 0.15) is 33.7 Å². The van der Waals surface area contributed by atoms with Gasteiger partial charge in [0, 0.05) is 35.3 Å². The largest absolute Gasteiger partial charge is 0.312 e. The molecule has 1 aliphatic heterocycles. The molecule has 3 aromatic rings. The molecule has 132 valence electrons. The molecule has 0 radical (unpaired) electrons. The first-order chi connectivity index (χ1) is 12.5. The molecular weight excluding hydrogens is 370 g/mol. The molecule has 0 fully saturated rings. The van der Waals surface area contributed by atoms with Gasteiger partial charge in [-0.25, -0.2) is 4.98 Å². The van der Waals surface area contributed by atoms with Crippen LogP contribution in [0.25, 0.3) is 0 Å². The van der Waals surface area contributed by atoms with Gasteiger partial charge in [0.2, 0.25) is 0 Å². The minimum Gasteiger partial charge on any atom is -0.312 e. The number of pyridine rings is 1. The Labute approximate surface area is 160 Å². The van der Waals surface area contributed by atoms with Gasteiger partial charge < -0.3 is 9.47 Å². The van der Waals surface area contributed by atoms with Crippen LogP contribution in [0.5, 0.6) is 0 Å². The van der Waals surface area contributed by atoms with E-state index in [2.05, 4.69) is 28.2 Å². The first-order valence-electron chi connectivity index (χ1n) is 8.10. The fraction of sp³-hybridized carbons (Fsp3) is 0.222. The summed E-state index contributed by atoms with van der Waals surface area (Å²) in [4.78, 5) is 18.6. The van der Waals surface area contributed by atoms with Crippen molar-refractivity contribution < 1.29 is 4.79 Å². The van der Waals surface area contributed by atoms with Crippen LogP contribution in [0, 0.1) is 0 Å². The Balaban J connectivity index is 1.60. The molecule has 0 saturated carbocycles. The maximum Gasteiger partial charge on any atom is 0.259 e. The van der Waals surface area contributed by atoms with E-state index < -0.39 is 0 Å². The van der Waals surface area contributed by atoms with Gasteiger partial charge in [-0.3, -0.25) is 4.79 Å². The van der Waals surface area contributed by atoms with Crippen LogP contribution in [0.4, 0.5) is 5.69 Å². The fourth-order valence-electron chi connectivity index (χ4n) is 2.95. The molecule has 1 amide bonds. The molecule has 0 spiro atoms. The highest BCUT2D eigenvalue weighted by Gasteiger charge is 2.30. The van der Waals surface area contributed by atoms with Crippen molar-refractivity contribution in [2.45, 2.75) is 23.9 Å². The van der Waals surface area contributed by atoms with Crippen LogP contribution in [0.2, 0.25) is 5.15 Å². The minimum atomic E-state index is -0.0462. The summed E-state index contributed by atoms with van der Waals surface area (Å²) in [5.41, 5.74) is 3.37. The van der Waals surface area contributed by atoms with Crippen LogP contribution >= 0.6 is 23.4 Å². The number of amides is 1. The van der Waals surface area contributed by atoms with Crippen LogP contribution in [-0.4, -0.2) is 25.7 Å². The van der Waals surface area contributed by atoms with Gasteiger partial charge in [0.25, 0.3) is 5.91 Å². The molecule has 0 saturated heterocycles.